The van der Waals surface area contributed by atoms with Gasteiger partial charge in [0.05, 0.1) is 11.1 Å². The van der Waals surface area contributed by atoms with Crippen LogP contribution < -0.4 is 10.2 Å². The van der Waals surface area contributed by atoms with Crippen molar-refractivity contribution >= 4 is 23.4 Å². The number of hydrogen-bond acceptors (Lipinski definition) is 3. The normalized spacial score (nSPS) is 26.9. The zero-order valence-corrected chi connectivity index (χ0v) is 12.1. The molecule has 1 N–H and O–H groups in total. The second-order valence-corrected chi connectivity index (χ2v) is 6.75. The number of piperidine rings is 1. The molecule has 1 aromatic carbocycles. The molecule has 0 spiro atoms. The number of amides is 1. The SMILES string of the molecule is CC1(C(=O)N2CCSc3ccccc32)CCCNC1. The van der Waals surface area contributed by atoms with Gasteiger partial charge in [-0.25, -0.2) is 0 Å². The molecular weight excluding hydrogens is 256 g/mol. The fourth-order valence-corrected chi connectivity index (χ4v) is 3.94. The predicted molar refractivity (Wildman–Crippen MR) is 79.7 cm³/mol. The Morgan fingerprint density at radius 1 is 1.42 bits per heavy atom. The van der Waals surface area contributed by atoms with Crippen molar-refractivity contribution in [1.82, 2.24) is 5.32 Å². The summed E-state index contributed by atoms with van der Waals surface area (Å²) in [7, 11) is 0. The Morgan fingerprint density at radius 2 is 2.26 bits per heavy atom. The monoisotopic (exact) mass is 276 g/mol. The molecule has 1 aromatic rings. The second kappa shape index (κ2) is 5.17. The van der Waals surface area contributed by atoms with Crippen molar-refractivity contribution in [3.8, 4) is 0 Å². The summed E-state index contributed by atoms with van der Waals surface area (Å²) in [4.78, 5) is 16.1. The molecule has 1 atom stereocenters. The van der Waals surface area contributed by atoms with Gasteiger partial charge in [0.25, 0.3) is 0 Å². The summed E-state index contributed by atoms with van der Waals surface area (Å²) in [6, 6.07) is 8.25. The minimum absolute atomic E-state index is 0.243. The molecule has 1 fully saturated rings. The van der Waals surface area contributed by atoms with E-state index in [0.29, 0.717) is 0 Å². The summed E-state index contributed by atoms with van der Waals surface area (Å²) < 4.78 is 0. The van der Waals surface area contributed by atoms with Crippen molar-refractivity contribution in [3.05, 3.63) is 24.3 Å². The number of nitrogens with one attached hydrogen (secondary N) is 1. The van der Waals surface area contributed by atoms with Crippen molar-refractivity contribution in [2.75, 3.05) is 30.3 Å². The fraction of sp³-hybridized carbons (Fsp3) is 0.533. The molecule has 1 unspecified atom stereocenters. The Kier molecular flexibility index (Phi) is 3.54. The van der Waals surface area contributed by atoms with Gasteiger partial charge in [-0.2, -0.15) is 0 Å². The van der Waals surface area contributed by atoms with Crippen LogP contribution in [0.15, 0.2) is 29.2 Å². The lowest BCUT2D eigenvalue weighted by Gasteiger charge is -2.39. The first kappa shape index (κ1) is 13.0. The van der Waals surface area contributed by atoms with Crippen LogP contribution in [0.4, 0.5) is 5.69 Å². The number of anilines is 1. The van der Waals surface area contributed by atoms with Crippen LogP contribution in [0.1, 0.15) is 19.8 Å². The van der Waals surface area contributed by atoms with Crippen LogP contribution in [0.5, 0.6) is 0 Å². The third-order valence-corrected chi connectivity index (χ3v) is 5.13. The molecule has 2 heterocycles. The van der Waals surface area contributed by atoms with Gasteiger partial charge >= 0.3 is 0 Å². The predicted octanol–water partition coefficient (Wildman–Crippen LogP) is 2.52. The Hall–Kier alpha value is -1.00. The van der Waals surface area contributed by atoms with Crippen LogP contribution in [-0.2, 0) is 4.79 Å². The highest BCUT2D eigenvalue weighted by Gasteiger charge is 2.39. The van der Waals surface area contributed by atoms with Crippen LogP contribution in [0.25, 0.3) is 0 Å². The number of fused-ring (bicyclic) bond motifs is 1. The van der Waals surface area contributed by atoms with E-state index in [1.165, 1.54) is 4.90 Å². The van der Waals surface area contributed by atoms with Crippen molar-refractivity contribution in [2.24, 2.45) is 5.41 Å². The van der Waals surface area contributed by atoms with Gasteiger partial charge in [-0.3, -0.25) is 4.79 Å². The highest BCUT2D eigenvalue weighted by Crippen LogP contribution is 2.38. The molecule has 0 radical (unpaired) electrons. The van der Waals surface area contributed by atoms with Crippen molar-refractivity contribution in [3.63, 3.8) is 0 Å². The molecule has 3 nitrogen and oxygen atoms in total. The molecule has 4 heteroatoms. The van der Waals surface area contributed by atoms with Gasteiger partial charge < -0.3 is 10.2 Å². The lowest BCUT2D eigenvalue weighted by atomic mass is 9.81. The first-order valence-corrected chi connectivity index (χ1v) is 7.94. The summed E-state index contributed by atoms with van der Waals surface area (Å²) in [6.07, 6.45) is 2.08. The van der Waals surface area contributed by atoms with Gasteiger partial charge in [0.15, 0.2) is 0 Å². The molecule has 0 bridgehead atoms. The van der Waals surface area contributed by atoms with E-state index >= 15 is 0 Å². The number of thioether (sulfide) groups is 1. The summed E-state index contributed by atoms with van der Waals surface area (Å²) in [5.74, 6) is 1.28. The van der Waals surface area contributed by atoms with Crippen molar-refractivity contribution in [1.29, 1.82) is 0 Å². The lowest BCUT2D eigenvalue weighted by molar-refractivity contribution is -0.128. The Labute approximate surface area is 118 Å². The largest absolute Gasteiger partial charge is 0.316 e. The molecule has 0 saturated carbocycles. The maximum Gasteiger partial charge on any atom is 0.234 e. The van der Waals surface area contributed by atoms with E-state index < -0.39 is 0 Å². The smallest absolute Gasteiger partial charge is 0.234 e. The average molecular weight is 276 g/mol. The van der Waals surface area contributed by atoms with Gasteiger partial charge in [-0.15, -0.1) is 11.8 Å². The molecule has 2 aliphatic heterocycles. The van der Waals surface area contributed by atoms with E-state index in [1.54, 1.807) is 0 Å². The zero-order valence-electron chi connectivity index (χ0n) is 11.3. The Bertz CT molecular complexity index is 483. The van der Waals surface area contributed by atoms with Gasteiger partial charge in [-0.05, 0) is 38.4 Å². The van der Waals surface area contributed by atoms with Crippen molar-refractivity contribution in [2.45, 2.75) is 24.7 Å². The number of rotatable bonds is 1. The topological polar surface area (TPSA) is 32.3 Å². The second-order valence-electron chi connectivity index (χ2n) is 5.61. The highest BCUT2D eigenvalue weighted by atomic mass is 32.2. The minimum Gasteiger partial charge on any atom is -0.316 e. The van der Waals surface area contributed by atoms with Crippen LogP contribution in [0.2, 0.25) is 0 Å². The van der Waals surface area contributed by atoms with Crippen LogP contribution in [-0.4, -0.2) is 31.3 Å². The first-order chi connectivity index (χ1) is 9.21. The molecule has 1 saturated heterocycles. The fourth-order valence-electron chi connectivity index (χ4n) is 2.95. The van der Waals surface area contributed by atoms with Gasteiger partial charge in [-0.1, -0.05) is 12.1 Å². The number of nitrogens with zero attached hydrogens (tertiary/aromatic N) is 1. The van der Waals surface area contributed by atoms with Gasteiger partial charge in [0.1, 0.15) is 0 Å². The maximum absolute atomic E-state index is 12.9. The quantitative estimate of drug-likeness (QED) is 0.855. The van der Waals surface area contributed by atoms with Crippen LogP contribution in [0, 0.1) is 5.41 Å². The molecule has 1 amide bonds. The number of para-hydroxylation sites is 1. The standard InChI is InChI=1S/C15H20N2OS/c1-15(7-4-8-16-11-15)14(18)17-9-10-19-13-6-3-2-5-12(13)17/h2-3,5-6,16H,4,7-11H2,1H3. The van der Waals surface area contributed by atoms with E-state index in [1.807, 2.05) is 28.8 Å². The Morgan fingerprint density at radius 3 is 3.05 bits per heavy atom. The summed E-state index contributed by atoms with van der Waals surface area (Å²) in [6.45, 7) is 4.77. The minimum atomic E-state index is -0.243. The molecule has 0 aliphatic carbocycles. The zero-order chi connectivity index (χ0) is 13.3. The first-order valence-electron chi connectivity index (χ1n) is 6.95. The van der Waals surface area contributed by atoms with E-state index in [4.69, 9.17) is 0 Å². The van der Waals surface area contributed by atoms with E-state index in [2.05, 4.69) is 24.4 Å². The molecule has 0 aromatic heterocycles. The number of benzene rings is 1. The van der Waals surface area contributed by atoms with Gasteiger partial charge in [0.2, 0.25) is 5.91 Å². The van der Waals surface area contributed by atoms with E-state index in [-0.39, 0.29) is 11.3 Å². The number of hydrogen-bond donors (Lipinski definition) is 1. The summed E-state index contributed by atoms with van der Waals surface area (Å²) >= 11 is 1.85. The maximum atomic E-state index is 12.9. The van der Waals surface area contributed by atoms with Crippen molar-refractivity contribution < 1.29 is 4.79 Å². The third-order valence-electron chi connectivity index (χ3n) is 4.09. The summed E-state index contributed by atoms with van der Waals surface area (Å²) in [5.41, 5.74) is 0.850. The van der Waals surface area contributed by atoms with E-state index in [0.717, 1.165) is 43.9 Å². The molecular formula is C15H20N2OS. The average Bonchev–Trinajstić information content (AvgIpc) is 2.47. The number of carbonyl (C=O) groups is 1. The Balaban J connectivity index is 1.88. The molecule has 19 heavy (non-hydrogen) atoms. The van der Waals surface area contributed by atoms with Crippen LogP contribution >= 0.6 is 11.8 Å². The molecule has 2 aliphatic rings. The van der Waals surface area contributed by atoms with Crippen LogP contribution in [0.3, 0.4) is 0 Å². The number of carbonyl (C=O) groups excluding carboxylic acids is 1. The van der Waals surface area contributed by atoms with E-state index in [9.17, 15) is 4.79 Å². The molecule has 3 rings (SSSR count). The lowest BCUT2D eigenvalue weighted by Crippen LogP contribution is -2.51. The van der Waals surface area contributed by atoms with Gasteiger partial charge in [0, 0.05) is 23.7 Å². The third kappa shape index (κ3) is 2.39. The highest BCUT2D eigenvalue weighted by molar-refractivity contribution is 7.99. The molecule has 102 valence electrons. The summed E-state index contributed by atoms with van der Waals surface area (Å²) in [5, 5.41) is 3.37.